The monoisotopic (exact) mass is 337 g/mol. The van der Waals surface area contributed by atoms with Gasteiger partial charge in [0, 0.05) is 23.8 Å². The summed E-state index contributed by atoms with van der Waals surface area (Å²) in [6, 6.07) is 12.9. The Morgan fingerprint density at radius 2 is 2.04 bits per heavy atom. The molecule has 1 saturated heterocycles. The molecule has 5 nitrogen and oxygen atoms in total. The van der Waals surface area contributed by atoms with Crippen LogP contribution in [0.25, 0.3) is 11.0 Å². The van der Waals surface area contributed by atoms with E-state index in [9.17, 15) is 0 Å². The quantitative estimate of drug-likeness (QED) is 0.767. The number of nitrogens with zero attached hydrogens (tertiary/aromatic N) is 2. The van der Waals surface area contributed by atoms with Crippen LogP contribution < -0.4 is 9.47 Å². The topological polar surface area (TPSA) is 50.4 Å². The van der Waals surface area contributed by atoms with E-state index >= 15 is 0 Å². The Kier molecular flexibility index (Phi) is 4.32. The van der Waals surface area contributed by atoms with Crippen molar-refractivity contribution in [3.8, 4) is 11.5 Å². The first-order valence-electron chi connectivity index (χ1n) is 8.67. The van der Waals surface area contributed by atoms with E-state index in [0.717, 1.165) is 30.2 Å². The molecule has 25 heavy (non-hydrogen) atoms. The van der Waals surface area contributed by atoms with Crippen LogP contribution in [-0.4, -0.2) is 35.6 Å². The number of ether oxygens (including phenoxy) is 2. The van der Waals surface area contributed by atoms with Crippen molar-refractivity contribution in [1.29, 1.82) is 0 Å². The maximum absolute atomic E-state index is 5.43. The van der Waals surface area contributed by atoms with Gasteiger partial charge in [-0.1, -0.05) is 6.07 Å². The lowest BCUT2D eigenvalue weighted by atomic mass is 10.1. The normalized spacial score (nSPS) is 17.9. The lowest BCUT2D eigenvalue weighted by Gasteiger charge is -2.24. The first kappa shape index (κ1) is 16.0. The van der Waals surface area contributed by atoms with Gasteiger partial charge in [-0.3, -0.25) is 4.90 Å². The number of likely N-dealkylation sites (tertiary alicyclic amines) is 1. The van der Waals surface area contributed by atoms with Crippen LogP contribution in [0.1, 0.15) is 30.1 Å². The molecule has 1 atom stereocenters. The third-order valence-corrected chi connectivity index (χ3v) is 4.97. The van der Waals surface area contributed by atoms with Crippen LogP contribution in [0, 0.1) is 0 Å². The molecule has 0 amide bonds. The predicted octanol–water partition coefficient (Wildman–Crippen LogP) is 3.92. The molecule has 0 saturated carbocycles. The minimum absolute atomic E-state index is 0.405. The summed E-state index contributed by atoms with van der Waals surface area (Å²) in [5.74, 6) is 1.55. The van der Waals surface area contributed by atoms with E-state index in [-0.39, 0.29) is 0 Å². The molecule has 130 valence electrons. The Balaban J connectivity index is 1.57. The van der Waals surface area contributed by atoms with Crippen molar-refractivity contribution < 1.29 is 9.47 Å². The Labute approximate surface area is 147 Å². The summed E-state index contributed by atoms with van der Waals surface area (Å²) >= 11 is 0. The molecule has 5 heteroatoms. The van der Waals surface area contributed by atoms with Gasteiger partial charge in [-0.2, -0.15) is 0 Å². The number of H-pyrrole nitrogens is 1. The number of aromatic amines is 1. The summed E-state index contributed by atoms with van der Waals surface area (Å²) in [7, 11) is 3.34. The van der Waals surface area contributed by atoms with Gasteiger partial charge in [0.05, 0.1) is 20.3 Å². The number of rotatable bonds is 5. The molecular formula is C20H23N3O2. The molecule has 0 radical (unpaired) electrons. The highest BCUT2D eigenvalue weighted by molar-refractivity contribution is 5.76. The molecule has 0 bridgehead atoms. The zero-order valence-electron chi connectivity index (χ0n) is 14.7. The SMILES string of the molecule is COc1ccc(CN2CCC[C@H]2c2cc3cccnc3[nH]2)cc1OC. The zero-order valence-corrected chi connectivity index (χ0v) is 14.7. The first-order valence-corrected chi connectivity index (χ1v) is 8.67. The van der Waals surface area contributed by atoms with E-state index in [0.29, 0.717) is 6.04 Å². The second-order valence-corrected chi connectivity index (χ2v) is 6.48. The molecule has 0 aliphatic carbocycles. The smallest absolute Gasteiger partial charge is 0.161 e. The van der Waals surface area contributed by atoms with Gasteiger partial charge in [0.15, 0.2) is 11.5 Å². The third-order valence-electron chi connectivity index (χ3n) is 4.97. The molecule has 2 aromatic heterocycles. The van der Waals surface area contributed by atoms with Gasteiger partial charge in [0.2, 0.25) is 0 Å². The summed E-state index contributed by atoms with van der Waals surface area (Å²) in [6.07, 6.45) is 4.21. The molecule has 1 aromatic carbocycles. The maximum Gasteiger partial charge on any atom is 0.161 e. The fraction of sp³-hybridized carbons (Fsp3) is 0.350. The highest BCUT2D eigenvalue weighted by Crippen LogP contribution is 2.35. The number of methoxy groups -OCH3 is 2. The summed E-state index contributed by atoms with van der Waals surface area (Å²) < 4.78 is 10.8. The van der Waals surface area contributed by atoms with Crippen molar-refractivity contribution in [3.05, 3.63) is 53.9 Å². The van der Waals surface area contributed by atoms with Gasteiger partial charge in [0.25, 0.3) is 0 Å². The Hall–Kier alpha value is -2.53. The summed E-state index contributed by atoms with van der Waals surface area (Å²) in [5, 5.41) is 1.18. The Morgan fingerprint density at radius 3 is 2.84 bits per heavy atom. The summed E-state index contributed by atoms with van der Waals surface area (Å²) in [6.45, 7) is 2.00. The largest absolute Gasteiger partial charge is 0.493 e. The number of hydrogen-bond acceptors (Lipinski definition) is 4. The molecular weight excluding hydrogens is 314 g/mol. The zero-order chi connectivity index (χ0) is 17.2. The average molecular weight is 337 g/mol. The summed E-state index contributed by atoms with van der Waals surface area (Å²) in [5.41, 5.74) is 3.46. The molecule has 3 aromatic rings. The van der Waals surface area contributed by atoms with Crippen molar-refractivity contribution in [2.24, 2.45) is 0 Å². The molecule has 1 N–H and O–H groups in total. The van der Waals surface area contributed by atoms with Crippen molar-refractivity contribution in [2.45, 2.75) is 25.4 Å². The lowest BCUT2D eigenvalue weighted by Crippen LogP contribution is -2.23. The van der Waals surface area contributed by atoms with E-state index in [1.54, 1.807) is 14.2 Å². The number of benzene rings is 1. The molecule has 0 unspecified atom stereocenters. The highest BCUT2D eigenvalue weighted by atomic mass is 16.5. The van der Waals surface area contributed by atoms with Crippen LogP contribution in [-0.2, 0) is 6.54 Å². The van der Waals surface area contributed by atoms with Gasteiger partial charge in [-0.05, 0) is 55.3 Å². The van der Waals surface area contributed by atoms with Crippen LogP contribution in [0.15, 0.2) is 42.6 Å². The van der Waals surface area contributed by atoms with Crippen LogP contribution in [0.2, 0.25) is 0 Å². The standard InChI is InChI=1S/C20H23N3O2/c1-24-18-8-7-14(11-19(18)25-2)13-23-10-4-6-17(23)16-12-15-5-3-9-21-20(15)22-16/h3,5,7-9,11-12,17H,4,6,10,13H2,1-2H3,(H,21,22)/t17-/m0/s1. The van der Waals surface area contributed by atoms with Crippen molar-refractivity contribution in [1.82, 2.24) is 14.9 Å². The van der Waals surface area contributed by atoms with E-state index in [1.165, 1.54) is 29.5 Å². The van der Waals surface area contributed by atoms with E-state index in [2.05, 4.69) is 39.1 Å². The predicted molar refractivity (Wildman–Crippen MR) is 98.0 cm³/mol. The van der Waals surface area contributed by atoms with Gasteiger partial charge in [-0.25, -0.2) is 4.98 Å². The molecule has 1 fully saturated rings. The number of nitrogens with one attached hydrogen (secondary N) is 1. The lowest BCUT2D eigenvalue weighted by molar-refractivity contribution is 0.244. The molecule has 1 aliphatic rings. The van der Waals surface area contributed by atoms with Crippen LogP contribution in [0.5, 0.6) is 11.5 Å². The molecule has 0 spiro atoms. The first-order chi connectivity index (χ1) is 12.3. The van der Waals surface area contributed by atoms with Crippen molar-refractivity contribution >= 4 is 11.0 Å². The average Bonchev–Trinajstić information content (AvgIpc) is 3.27. The van der Waals surface area contributed by atoms with Crippen molar-refractivity contribution in [2.75, 3.05) is 20.8 Å². The van der Waals surface area contributed by atoms with Gasteiger partial charge in [-0.15, -0.1) is 0 Å². The van der Waals surface area contributed by atoms with E-state index in [1.807, 2.05) is 18.3 Å². The van der Waals surface area contributed by atoms with Crippen LogP contribution in [0.3, 0.4) is 0 Å². The molecule has 1 aliphatic heterocycles. The van der Waals surface area contributed by atoms with Gasteiger partial charge >= 0.3 is 0 Å². The van der Waals surface area contributed by atoms with Crippen molar-refractivity contribution in [3.63, 3.8) is 0 Å². The highest BCUT2D eigenvalue weighted by Gasteiger charge is 2.27. The summed E-state index contributed by atoms with van der Waals surface area (Å²) in [4.78, 5) is 10.4. The van der Waals surface area contributed by atoms with Gasteiger partial charge < -0.3 is 14.5 Å². The Morgan fingerprint density at radius 1 is 1.16 bits per heavy atom. The number of fused-ring (bicyclic) bond motifs is 1. The number of hydrogen-bond donors (Lipinski definition) is 1. The minimum Gasteiger partial charge on any atom is -0.493 e. The third kappa shape index (κ3) is 3.07. The van der Waals surface area contributed by atoms with Crippen LogP contribution >= 0.6 is 0 Å². The van der Waals surface area contributed by atoms with E-state index < -0.39 is 0 Å². The van der Waals surface area contributed by atoms with E-state index in [4.69, 9.17) is 9.47 Å². The Bertz CT molecular complexity index is 841. The fourth-order valence-electron chi connectivity index (χ4n) is 3.74. The molecule has 4 rings (SSSR count). The maximum atomic E-state index is 5.43. The number of aromatic nitrogens is 2. The minimum atomic E-state index is 0.405. The fourth-order valence-corrected chi connectivity index (χ4v) is 3.74. The second kappa shape index (κ2) is 6.76. The second-order valence-electron chi connectivity index (χ2n) is 6.48. The van der Waals surface area contributed by atoms with Gasteiger partial charge in [0.1, 0.15) is 5.65 Å². The number of pyridine rings is 1. The molecule has 3 heterocycles. The van der Waals surface area contributed by atoms with Crippen LogP contribution in [0.4, 0.5) is 0 Å².